The lowest BCUT2D eigenvalue weighted by molar-refractivity contribution is 0.0398. The molecule has 0 atom stereocenters. The van der Waals surface area contributed by atoms with Crippen molar-refractivity contribution in [2.45, 2.75) is 6.92 Å². The fourth-order valence-electron chi connectivity index (χ4n) is 3.25. The van der Waals surface area contributed by atoms with E-state index in [0.717, 1.165) is 72.0 Å². The number of rotatable bonds is 6. The average Bonchev–Trinajstić information content (AvgIpc) is 2.72. The number of hydrogen-bond donors (Lipinski definition) is 2. The zero-order valence-electron chi connectivity index (χ0n) is 15.9. The molecule has 0 saturated carbocycles. The van der Waals surface area contributed by atoms with Crippen LogP contribution in [0.1, 0.15) is 5.56 Å². The summed E-state index contributed by atoms with van der Waals surface area (Å²) in [5.74, 6) is 0.863. The smallest absolute Gasteiger partial charge is 0.126 e. The van der Waals surface area contributed by atoms with Gasteiger partial charge < -0.3 is 15.4 Å². The first-order chi connectivity index (χ1) is 13.7. The fraction of sp³-hybridized carbons (Fsp3) is 0.333. The van der Waals surface area contributed by atoms with Crippen molar-refractivity contribution in [1.82, 2.24) is 14.9 Å². The number of benzene rings is 1. The number of ether oxygens (including phenoxy) is 1. The third-order valence-electron chi connectivity index (χ3n) is 4.92. The molecule has 2 N–H and O–H groups in total. The van der Waals surface area contributed by atoms with Crippen molar-refractivity contribution in [3.8, 4) is 0 Å². The second-order valence-corrected chi connectivity index (χ2v) is 7.77. The van der Waals surface area contributed by atoms with Crippen LogP contribution in [-0.2, 0) is 4.74 Å². The van der Waals surface area contributed by atoms with Gasteiger partial charge in [-0.3, -0.25) is 9.88 Å². The Morgan fingerprint density at radius 2 is 2.00 bits per heavy atom. The van der Waals surface area contributed by atoms with Crippen molar-refractivity contribution in [3.05, 3.63) is 52.8 Å². The first-order valence-corrected chi connectivity index (χ1v) is 10.3. The zero-order valence-corrected chi connectivity index (χ0v) is 17.5. The molecule has 0 radical (unpaired) electrons. The molecule has 2 aromatic heterocycles. The van der Waals surface area contributed by atoms with Crippen LogP contribution < -0.4 is 10.6 Å². The van der Waals surface area contributed by atoms with Gasteiger partial charge in [-0.15, -0.1) is 0 Å². The second-order valence-electron chi connectivity index (χ2n) is 6.91. The maximum atomic E-state index is 5.40. The summed E-state index contributed by atoms with van der Waals surface area (Å²) in [4.78, 5) is 11.4. The van der Waals surface area contributed by atoms with Crippen LogP contribution in [0.5, 0.6) is 0 Å². The maximum absolute atomic E-state index is 5.40. The summed E-state index contributed by atoms with van der Waals surface area (Å²) in [5.41, 5.74) is 4.12. The summed E-state index contributed by atoms with van der Waals surface area (Å²) >= 11 is 3.60. The third-order valence-corrected chi connectivity index (χ3v) is 5.77. The Hall–Kier alpha value is -2.22. The Morgan fingerprint density at radius 3 is 2.82 bits per heavy atom. The van der Waals surface area contributed by atoms with Gasteiger partial charge in [0.05, 0.1) is 24.9 Å². The number of hydrogen-bond acceptors (Lipinski definition) is 6. The first-order valence-electron chi connectivity index (χ1n) is 9.51. The van der Waals surface area contributed by atoms with E-state index in [4.69, 9.17) is 4.74 Å². The van der Waals surface area contributed by atoms with E-state index in [1.54, 1.807) is 6.20 Å². The Labute approximate surface area is 173 Å². The predicted molar refractivity (Wildman–Crippen MR) is 117 cm³/mol. The molecule has 0 aliphatic carbocycles. The van der Waals surface area contributed by atoms with Crippen LogP contribution in [-0.4, -0.2) is 54.3 Å². The Morgan fingerprint density at radius 1 is 1.14 bits per heavy atom. The minimum absolute atomic E-state index is 0.823. The quantitative estimate of drug-likeness (QED) is 0.597. The molecule has 6 nitrogen and oxygen atoms in total. The van der Waals surface area contributed by atoms with Crippen LogP contribution in [0.3, 0.4) is 0 Å². The summed E-state index contributed by atoms with van der Waals surface area (Å²) in [7, 11) is 0. The normalized spacial score (nSPS) is 14.9. The molecule has 3 heterocycles. The van der Waals surface area contributed by atoms with E-state index in [9.17, 15) is 0 Å². The first kappa shape index (κ1) is 19.1. The van der Waals surface area contributed by atoms with Crippen LogP contribution in [0, 0.1) is 6.92 Å². The largest absolute Gasteiger partial charge is 0.379 e. The number of halogens is 1. The molecule has 28 heavy (non-hydrogen) atoms. The topological polar surface area (TPSA) is 62.3 Å². The van der Waals surface area contributed by atoms with Gasteiger partial charge in [-0.1, -0.05) is 22.0 Å². The van der Waals surface area contributed by atoms with Crippen LogP contribution in [0.15, 0.2) is 47.2 Å². The number of nitrogens with zero attached hydrogens (tertiary/aromatic N) is 3. The average molecular weight is 442 g/mol. The molecule has 0 spiro atoms. The van der Waals surface area contributed by atoms with Crippen LogP contribution in [0.2, 0.25) is 0 Å². The van der Waals surface area contributed by atoms with Gasteiger partial charge >= 0.3 is 0 Å². The van der Waals surface area contributed by atoms with Crippen molar-refractivity contribution in [1.29, 1.82) is 0 Å². The molecule has 146 valence electrons. The van der Waals surface area contributed by atoms with Gasteiger partial charge in [0.25, 0.3) is 0 Å². The van der Waals surface area contributed by atoms with Crippen molar-refractivity contribution in [3.63, 3.8) is 0 Å². The van der Waals surface area contributed by atoms with E-state index in [-0.39, 0.29) is 0 Å². The molecule has 0 amide bonds. The number of pyridine rings is 2. The molecule has 1 aliphatic rings. The lowest BCUT2D eigenvalue weighted by atomic mass is 10.2. The van der Waals surface area contributed by atoms with Gasteiger partial charge in [0.1, 0.15) is 5.82 Å². The molecule has 0 bridgehead atoms. The monoisotopic (exact) mass is 441 g/mol. The molecule has 4 rings (SSSR count). The molecular formula is C21H24BrN5O. The number of nitrogens with one attached hydrogen (secondary N) is 2. The van der Waals surface area contributed by atoms with Gasteiger partial charge in [0.2, 0.25) is 0 Å². The van der Waals surface area contributed by atoms with Crippen LogP contribution in [0.4, 0.5) is 17.2 Å². The van der Waals surface area contributed by atoms with Gasteiger partial charge in [0.15, 0.2) is 0 Å². The van der Waals surface area contributed by atoms with Crippen LogP contribution >= 0.6 is 15.9 Å². The summed E-state index contributed by atoms with van der Waals surface area (Å²) in [6.45, 7) is 7.56. The maximum Gasteiger partial charge on any atom is 0.126 e. The highest BCUT2D eigenvalue weighted by atomic mass is 79.9. The fourth-order valence-corrected chi connectivity index (χ4v) is 3.63. The van der Waals surface area contributed by atoms with Gasteiger partial charge in [-0.25, -0.2) is 4.98 Å². The standard InChI is InChI=1S/C21H24BrN5O/c1-15-2-3-16(12-18(15)22)26-19-4-5-23-20-14-25-21(13-17(19)20)24-6-7-27-8-10-28-11-9-27/h2-5,12-14H,6-11H2,1H3,(H,23,26)(H,24,25). The van der Waals surface area contributed by atoms with E-state index in [1.807, 2.05) is 12.3 Å². The van der Waals surface area contributed by atoms with E-state index in [0.29, 0.717) is 0 Å². The number of morpholine rings is 1. The highest BCUT2D eigenvalue weighted by Gasteiger charge is 2.10. The Bertz CT molecular complexity index is 959. The van der Waals surface area contributed by atoms with Gasteiger partial charge in [-0.05, 0) is 36.8 Å². The minimum Gasteiger partial charge on any atom is -0.379 e. The predicted octanol–water partition coefficient (Wildman–Crippen LogP) is 4.19. The van der Waals surface area contributed by atoms with E-state index >= 15 is 0 Å². The Balaban J connectivity index is 1.49. The highest BCUT2D eigenvalue weighted by Crippen LogP contribution is 2.28. The lowest BCUT2D eigenvalue weighted by Crippen LogP contribution is -2.39. The van der Waals surface area contributed by atoms with E-state index < -0.39 is 0 Å². The van der Waals surface area contributed by atoms with Crippen LogP contribution in [0.25, 0.3) is 10.9 Å². The van der Waals surface area contributed by atoms with Gasteiger partial charge in [0, 0.05) is 53.6 Å². The number of anilines is 3. The highest BCUT2D eigenvalue weighted by molar-refractivity contribution is 9.10. The van der Waals surface area contributed by atoms with Crippen molar-refractivity contribution >= 4 is 44.0 Å². The molecular weight excluding hydrogens is 418 g/mol. The number of aromatic nitrogens is 2. The van der Waals surface area contributed by atoms with E-state index in [2.05, 4.69) is 72.6 Å². The van der Waals surface area contributed by atoms with Gasteiger partial charge in [-0.2, -0.15) is 0 Å². The SMILES string of the molecule is Cc1ccc(Nc2ccnc3cnc(NCCN4CCOCC4)cc23)cc1Br. The minimum atomic E-state index is 0.823. The summed E-state index contributed by atoms with van der Waals surface area (Å²) < 4.78 is 6.48. The number of aryl methyl sites for hydroxylation is 1. The third kappa shape index (κ3) is 4.60. The molecule has 1 saturated heterocycles. The summed E-state index contributed by atoms with van der Waals surface area (Å²) in [6.07, 6.45) is 3.63. The molecule has 3 aromatic rings. The van der Waals surface area contributed by atoms with Crippen molar-refractivity contribution in [2.24, 2.45) is 0 Å². The zero-order chi connectivity index (χ0) is 19.3. The molecule has 1 aliphatic heterocycles. The summed E-state index contributed by atoms with van der Waals surface area (Å²) in [6, 6.07) is 10.3. The van der Waals surface area contributed by atoms with Crippen molar-refractivity contribution < 1.29 is 4.74 Å². The summed E-state index contributed by atoms with van der Waals surface area (Å²) in [5, 5.41) is 7.98. The van der Waals surface area contributed by atoms with E-state index in [1.165, 1.54) is 5.56 Å². The number of fused-ring (bicyclic) bond motifs is 1. The molecule has 0 unspecified atom stereocenters. The molecule has 1 fully saturated rings. The molecule has 7 heteroatoms. The Kier molecular flexibility index (Phi) is 6.04. The second kappa shape index (κ2) is 8.86. The van der Waals surface area contributed by atoms with Crippen molar-refractivity contribution in [2.75, 3.05) is 50.0 Å². The lowest BCUT2D eigenvalue weighted by Gasteiger charge is -2.26. The molecule has 1 aromatic carbocycles.